The van der Waals surface area contributed by atoms with Crippen LogP contribution < -0.4 is 0 Å². The highest BCUT2D eigenvalue weighted by Gasteiger charge is 2.30. The third kappa shape index (κ3) is 6.15. The molecule has 0 amide bonds. The van der Waals surface area contributed by atoms with Crippen LogP contribution in [0, 0.1) is 0 Å². The first-order valence-corrected chi connectivity index (χ1v) is 12.3. The lowest BCUT2D eigenvalue weighted by Crippen LogP contribution is -2.12. The molecule has 2 aromatic rings. The second-order valence-corrected chi connectivity index (χ2v) is 11.8. The van der Waals surface area contributed by atoms with Crippen molar-refractivity contribution in [2.45, 2.75) is 12.8 Å². The number of rotatable bonds is 9. The van der Waals surface area contributed by atoms with E-state index >= 15 is 0 Å². The highest BCUT2D eigenvalue weighted by molar-refractivity contribution is 7.99. The van der Waals surface area contributed by atoms with Crippen molar-refractivity contribution < 1.29 is 0 Å². The zero-order valence-electron chi connectivity index (χ0n) is 13.9. The minimum absolute atomic E-state index is 0.838. The Morgan fingerprint density at radius 2 is 1.18 bits per heavy atom. The van der Waals surface area contributed by atoms with Gasteiger partial charge < -0.3 is 0 Å². The van der Waals surface area contributed by atoms with E-state index in [0.29, 0.717) is 0 Å². The zero-order valence-corrected chi connectivity index (χ0v) is 15.6. The molecule has 0 bridgehead atoms. The van der Waals surface area contributed by atoms with E-state index in [4.69, 9.17) is 0 Å². The second-order valence-electron chi connectivity index (χ2n) is 6.25. The molecule has 0 aliphatic rings. The molecule has 0 aliphatic heterocycles. The van der Waals surface area contributed by atoms with Crippen LogP contribution >= 0.6 is 19.0 Å². The fourth-order valence-electron chi connectivity index (χ4n) is 2.73. The van der Waals surface area contributed by atoms with Crippen molar-refractivity contribution in [1.29, 1.82) is 0 Å². The fraction of sp³-hybridized carbons (Fsp3) is 0.400. The monoisotopic (exact) mass is 331 g/mol. The van der Waals surface area contributed by atoms with E-state index in [9.17, 15) is 0 Å². The summed E-state index contributed by atoms with van der Waals surface area (Å²) < 4.78 is 0. The third-order valence-corrected chi connectivity index (χ3v) is 9.23. The number of aryl methyl sites for hydroxylation is 2. The molecule has 2 aromatic carbocycles. The minimum Gasteiger partial charge on any atom is -0.162 e. The van der Waals surface area contributed by atoms with Gasteiger partial charge in [0.15, 0.2) is 0 Å². The molecule has 22 heavy (non-hydrogen) atoms. The summed E-state index contributed by atoms with van der Waals surface area (Å²) in [6.07, 6.45) is 8.93. The Morgan fingerprint density at radius 3 is 1.59 bits per heavy atom. The van der Waals surface area contributed by atoms with Crippen molar-refractivity contribution in [1.82, 2.24) is 0 Å². The quantitative estimate of drug-likeness (QED) is 0.548. The van der Waals surface area contributed by atoms with E-state index in [1.807, 2.05) is 11.8 Å². The average molecular weight is 331 g/mol. The summed E-state index contributed by atoms with van der Waals surface area (Å²) >= 11 is 2.00. The Balaban J connectivity index is 1.93. The molecule has 0 N–H and O–H groups in total. The summed E-state index contributed by atoms with van der Waals surface area (Å²) in [7, 11) is -0.838. The maximum atomic E-state index is 2.59. The van der Waals surface area contributed by atoms with Gasteiger partial charge in [0, 0.05) is 32.5 Å². The van der Waals surface area contributed by atoms with Crippen LogP contribution in [0.1, 0.15) is 11.1 Å². The Kier molecular flexibility index (Phi) is 7.49. The van der Waals surface area contributed by atoms with Gasteiger partial charge in [0.05, 0.1) is 18.5 Å². The molecule has 0 aromatic heterocycles. The lowest BCUT2D eigenvalue weighted by Gasteiger charge is -2.23. The van der Waals surface area contributed by atoms with Crippen LogP contribution in [0.3, 0.4) is 0 Å². The fourth-order valence-corrected chi connectivity index (χ4v) is 7.49. The first kappa shape index (κ1) is 17.6. The largest absolute Gasteiger partial charge is 0.162 e. The Bertz CT molecular complexity index is 480. The van der Waals surface area contributed by atoms with E-state index in [1.165, 1.54) is 48.2 Å². The summed E-state index contributed by atoms with van der Waals surface area (Å²) in [5.41, 5.74) is 3.00. The van der Waals surface area contributed by atoms with Gasteiger partial charge >= 0.3 is 0 Å². The van der Waals surface area contributed by atoms with Crippen LogP contribution in [0.4, 0.5) is 0 Å². The van der Waals surface area contributed by atoms with Gasteiger partial charge in [-0.05, 0) is 17.4 Å². The highest BCUT2D eigenvalue weighted by atomic mass is 32.2. The van der Waals surface area contributed by atoms with Gasteiger partial charge in [0.25, 0.3) is 0 Å². The average Bonchev–Trinajstić information content (AvgIpc) is 2.59. The van der Waals surface area contributed by atoms with Crippen LogP contribution in [0.2, 0.25) is 0 Å². The molecule has 0 radical (unpaired) electrons. The summed E-state index contributed by atoms with van der Waals surface area (Å²) in [4.78, 5) is 0. The zero-order chi connectivity index (χ0) is 15.7. The molecule has 118 valence electrons. The normalized spacial score (nSPS) is 11.5. The molecule has 0 heterocycles. The molecule has 0 aliphatic carbocycles. The van der Waals surface area contributed by atoms with Gasteiger partial charge in [0.2, 0.25) is 0 Å². The van der Waals surface area contributed by atoms with E-state index in [0.717, 1.165) is 0 Å². The molecular formula is C20H28PS+. The maximum absolute atomic E-state index is 2.59. The molecule has 0 atom stereocenters. The third-order valence-electron chi connectivity index (χ3n) is 4.40. The topological polar surface area (TPSA) is 0 Å². The van der Waals surface area contributed by atoms with Crippen molar-refractivity contribution in [2.75, 3.05) is 37.2 Å². The van der Waals surface area contributed by atoms with E-state index in [1.54, 1.807) is 0 Å². The molecule has 2 rings (SSSR count). The predicted octanol–water partition coefficient (Wildman–Crippen LogP) is 5.48. The number of hydrogen-bond acceptors (Lipinski definition) is 1. The summed E-state index contributed by atoms with van der Waals surface area (Å²) in [6.45, 7) is 2.59. The molecular weight excluding hydrogens is 303 g/mol. The lowest BCUT2D eigenvalue weighted by molar-refractivity contribution is 1.08. The molecule has 0 fully saturated rings. The standard InChI is InChI=1S/C20H28PS/c1-21(17-18-22-2,15-13-19-9-5-3-6-10-19)16-14-20-11-7-4-8-12-20/h3-12H,13-18H2,1-2H3/q+1. The van der Waals surface area contributed by atoms with Gasteiger partial charge in [-0.3, -0.25) is 0 Å². The number of thioether (sulfide) groups is 1. The SMILES string of the molecule is CSCC[P+](C)(CCc1ccccc1)CCc1ccccc1. The van der Waals surface area contributed by atoms with Gasteiger partial charge in [-0.25, -0.2) is 0 Å². The summed E-state index contributed by atoms with van der Waals surface area (Å²) in [6, 6.07) is 22.0. The van der Waals surface area contributed by atoms with Crippen LogP contribution in [-0.2, 0) is 12.8 Å². The second kappa shape index (κ2) is 9.38. The molecule has 0 saturated heterocycles. The van der Waals surface area contributed by atoms with Crippen molar-refractivity contribution in [3.63, 3.8) is 0 Å². The molecule has 0 saturated carbocycles. The van der Waals surface area contributed by atoms with Crippen molar-refractivity contribution in [3.05, 3.63) is 71.8 Å². The minimum atomic E-state index is -0.838. The smallest absolute Gasteiger partial charge is 0.0682 e. The number of hydrogen-bond donors (Lipinski definition) is 0. The molecule has 2 heteroatoms. The Morgan fingerprint density at radius 1 is 0.727 bits per heavy atom. The summed E-state index contributed by atoms with van der Waals surface area (Å²) in [5.74, 6) is 1.31. The van der Waals surface area contributed by atoms with Gasteiger partial charge in [-0.1, -0.05) is 60.7 Å². The molecule has 0 unspecified atom stereocenters. The van der Waals surface area contributed by atoms with Gasteiger partial charge in [-0.2, -0.15) is 11.8 Å². The van der Waals surface area contributed by atoms with Crippen LogP contribution in [0.25, 0.3) is 0 Å². The van der Waals surface area contributed by atoms with Crippen LogP contribution in [-0.4, -0.2) is 37.2 Å². The Hall–Kier alpha value is -0.780. The van der Waals surface area contributed by atoms with Crippen molar-refractivity contribution in [2.24, 2.45) is 0 Å². The van der Waals surface area contributed by atoms with Crippen LogP contribution in [0.5, 0.6) is 0 Å². The van der Waals surface area contributed by atoms with E-state index in [2.05, 4.69) is 73.6 Å². The van der Waals surface area contributed by atoms with Gasteiger partial charge in [-0.15, -0.1) is 0 Å². The lowest BCUT2D eigenvalue weighted by atomic mass is 10.2. The summed E-state index contributed by atoms with van der Waals surface area (Å²) in [5, 5.41) is 0. The first-order chi connectivity index (χ1) is 10.7. The molecule has 0 spiro atoms. The highest BCUT2D eigenvalue weighted by Crippen LogP contribution is 2.55. The van der Waals surface area contributed by atoms with Crippen LogP contribution in [0.15, 0.2) is 60.7 Å². The number of benzene rings is 2. The predicted molar refractivity (Wildman–Crippen MR) is 106 cm³/mol. The van der Waals surface area contributed by atoms with E-state index < -0.39 is 7.26 Å². The molecule has 0 nitrogen and oxygen atoms in total. The van der Waals surface area contributed by atoms with Gasteiger partial charge in [0.1, 0.15) is 0 Å². The van der Waals surface area contributed by atoms with E-state index in [-0.39, 0.29) is 0 Å². The Labute approximate surface area is 141 Å². The first-order valence-electron chi connectivity index (χ1n) is 8.12. The van der Waals surface area contributed by atoms with Crippen molar-refractivity contribution in [3.8, 4) is 0 Å². The maximum Gasteiger partial charge on any atom is 0.0682 e. The van der Waals surface area contributed by atoms with Crippen molar-refractivity contribution >= 4 is 19.0 Å².